The van der Waals surface area contributed by atoms with Crippen LogP contribution in [0.15, 0.2) is 46.6 Å². The molecule has 1 aliphatic rings. The first-order valence-electron chi connectivity index (χ1n) is 6.58. The molecule has 0 N–H and O–H groups in total. The largest absolute Gasteiger partial charge is 0.294 e. The van der Waals surface area contributed by atoms with Gasteiger partial charge < -0.3 is 0 Å². The van der Waals surface area contributed by atoms with Gasteiger partial charge in [0.05, 0.1) is 5.02 Å². The Bertz CT molecular complexity index is 593. The Kier molecular flexibility index (Phi) is 3.96. The van der Waals surface area contributed by atoms with Crippen molar-refractivity contribution in [1.29, 1.82) is 0 Å². The van der Waals surface area contributed by atoms with Crippen molar-refractivity contribution in [3.8, 4) is 0 Å². The van der Waals surface area contributed by atoms with Gasteiger partial charge in [0, 0.05) is 12.0 Å². The zero-order valence-electron chi connectivity index (χ0n) is 11.9. The highest BCUT2D eigenvalue weighted by atomic mass is 35.5. The first-order valence-corrected chi connectivity index (χ1v) is 6.96. The molecule has 0 bridgehead atoms. The zero-order chi connectivity index (χ0) is 14.2. The van der Waals surface area contributed by atoms with Gasteiger partial charge in [-0.2, -0.15) is 0 Å². The number of Topliss-reactive ketones (excluding diaryl/α,β-unsaturated/α-hetero) is 1. The number of ketones is 1. The third-order valence-electron chi connectivity index (χ3n) is 4.33. The average molecular weight is 275 g/mol. The van der Waals surface area contributed by atoms with Crippen molar-refractivity contribution in [1.82, 2.24) is 0 Å². The summed E-state index contributed by atoms with van der Waals surface area (Å²) in [6.07, 6.45) is 0.464. The zero-order valence-corrected chi connectivity index (χ0v) is 12.6. The van der Waals surface area contributed by atoms with E-state index in [-0.39, 0.29) is 5.78 Å². The molecule has 0 spiro atoms. The maximum absolute atomic E-state index is 12.4. The summed E-state index contributed by atoms with van der Waals surface area (Å²) in [6.45, 7) is 8.56. The Morgan fingerprint density at radius 1 is 1.16 bits per heavy atom. The monoisotopic (exact) mass is 274 g/mol. The Labute approximate surface area is 120 Å². The van der Waals surface area contributed by atoms with Crippen molar-refractivity contribution in [2.45, 2.75) is 34.1 Å². The number of hydrogen-bond acceptors (Lipinski definition) is 1. The molecule has 0 radical (unpaired) electrons. The van der Waals surface area contributed by atoms with E-state index in [0.717, 1.165) is 0 Å². The Balaban J connectivity index is 2.25. The van der Waals surface area contributed by atoms with Crippen LogP contribution < -0.4 is 0 Å². The minimum Gasteiger partial charge on any atom is -0.294 e. The van der Waals surface area contributed by atoms with Crippen molar-refractivity contribution in [3.63, 3.8) is 0 Å². The standard InChI is InChI=1S/C17H19ClO/c1-10-11(2)13(4)15(12(10)3)9-17(19)14-7-5-6-8-16(14)18/h5-8,12H,9H2,1-4H3. The molecule has 0 aromatic heterocycles. The number of benzene rings is 1. The molecule has 19 heavy (non-hydrogen) atoms. The Morgan fingerprint density at radius 2 is 1.79 bits per heavy atom. The van der Waals surface area contributed by atoms with Gasteiger partial charge in [-0.25, -0.2) is 0 Å². The molecule has 0 amide bonds. The van der Waals surface area contributed by atoms with Gasteiger partial charge in [-0.1, -0.05) is 41.8 Å². The van der Waals surface area contributed by atoms with E-state index in [1.165, 1.54) is 22.3 Å². The lowest BCUT2D eigenvalue weighted by atomic mass is 9.92. The van der Waals surface area contributed by atoms with E-state index in [9.17, 15) is 4.79 Å². The molecule has 2 heteroatoms. The molecule has 1 aromatic rings. The lowest BCUT2D eigenvalue weighted by Gasteiger charge is -2.12. The molecule has 1 nitrogen and oxygen atoms in total. The molecular weight excluding hydrogens is 256 g/mol. The van der Waals surface area contributed by atoms with Crippen LogP contribution in [0.2, 0.25) is 5.02 Å². The molecule has 1 unspecified atom stereocenters. The van der Waals surface area contributed by atoms with Gasteiger partial charge in [0.25, 0.3) is 0 Å². The van der Waals surface area contributed by atoms with Gasteiger partial charge in [-0.15, -0.1) is 0 Å². The fraction of sp³-hybridized carbons (Fsp3) is 0.353. The van der Waals surface area contributed by atoms with Crippen LogP contribution in [0.3, 0.4) is 0 Å². The van der Waals surface area contributed by atoms with Gasteiger partial charge in [0.15, 0.2) is 5.78 Å². The summed E-state index contributed by atoms with van der Waals surface area (Å²) in [5.74, 6) is 0.473. The molecule has 1 aromatic carbocycles. The summed E-state index contributed by atoms with van der Waals surface area (Å²) in [4.78, 5) is 12.4. The molecular formula is C17H19ClO. The highest BCUT2D eigenvalue weighted by Gasteiger charge is 2.25. The van der Waals surface area contributed by atoms with Gasteiger partial charge in [0.1, 0.15) is 0 Å². The van der Waals surface area contributed by atoms with Crippen molar-refractivity contribution in [2.24, 2.45) is 5.92 Å². The minimum absolute atomic E-state index is 0.106. The van der Waals surface area contributed by atoms with Crippen LogP contribution in [0.5, 0.6) is 0 Å². The predicted octanol–water partition coefficient (Wildman–Crippen LogP) is 5.22. The molecule has 0 heterocycles. The van der Waals surface area contributed by atoms with Gasteiger partial charge >= 0.3 is 0 Å². The maximum Gasteiger partial charge on any atom is 0.168 e. The quantitative estimate of drug-likeness (QED) is 0.691. The Hall–Kier alpha value is -1.34. The van der Waals surface area contributed by atoms with Crippen LogP contribution in [-0.4, -0.2) is 5.78 Å². The number of allylic oxidation sites excluding steroid dienone is 4. The number of carbonyl (C=O) groups is 1. The summed E-state index contributed by atoms with van der Waals surface area (Å²) in [7, 11) is 0. The van der Waals surface area contributed by atoms with Crippen LogP contribution in [0.25, 0.3) is 0 Å². The number of hydrogen-bond donors (Lipinski definition) is 0. The molecule has 0 saturated carbocycles. The van der Waals surface area contributed by atoms with E-state index in [2.05, 4.69) is 27.7 Å². The van der Waals surface area contributed by atoms with E-state index < -0.39 is 0 Å². The normalized spacial score (nSPS) is 19.3. The van der Waals surface area contributed by atoms with Gasteiger partial charge in [-0.05, 0) is 50.0 Å². The SMILES string of the molecule is CC1=C(C)C(C)C(CC(=O)c2ccccc2Cl)=C1C. The summed E-state index contributed by atoms with van der Waals surface area (Å²) in [5, 5.41) is 0.540. The highest BCUT2D eigenvalue weighted by molar-refractivity contribution is 6.34. The van der Waals surface area contributed by atoms with Crippen LogP contribution in [0, 0.1) is 5.92 Å². The second kappa shape index (κ2) is 5.34. The number of halogens is 1. The van der Waals surface area contributed by atoms with E-state index in [0.29, 0.717) is 22.9 Å². The van der Waals surface area contributed by atoms with Crippen LogP contribution in [0.1, 0.15) is 44.5 Å². The average Bonchev–Trinajstić information content (AvgIpc) is 2.57. The molecule has 1 aliphatic carbocycles. The molecule has 0 saturated heterocycles. The summed E-state index contributed by atoms with van der Waals surface area (Å²) in [5.41, 5.74) is 5.83. The summed E-state index contributed by atoms with van der Waals surface area (Å²) >= 11 is 6.09. The second-order valence-corrected chi connectivity index (χ2v) is 5.67. The molecule has 2 rings (SSSR count). The third-order valence-corrected chi connectivity index (χ3v) is 4.66. The maximum atomic E-state index is 12.4. The molecule has 0 aliphatic heterocycles. The fourth-order valence-corrected chi connectivity index (χ4v) is 2.93. The van der Waals surface area contributed by atoms with Gasteiger partial charge in [-0.3, -0.25) is 4.79 Å². The lowest BCUT2D eigenvalue weighted by Crippen LogP contribution is -2.06. The van der Waals surface area contributed by atoms with E-state index in [4.69, 9.17) is 11.6 Å². The first kappa shape index (κ1) is 14.1. The Morgan fingerprint density at radius 3 is 2.32 bits per heavy atom. The summed E-state index contributed by atoms with van der Waals surface area (Å²) < 4.78 is 0. The second-order valence-electron chi connectivity index (χ2n) is 5.26. The summed E-state index contributed by atoms with van der Waals surface area (Å²) in [6, 6.07) is 7.26. The predicted molar refractivity (Wildman–Crippen MR) is 80.6 cm³/mol. The van der Waals surface area contributed by atoms with E-state index >= 15 is 0 Å². The van der Waals surface area contributed by atoms with E-state index in [1.54, 1.807) is 12.1 Å². The van der Waals surface area contributed by atoms with E-state index in [1.807, 2.05) is 12.1 Å². The fourth-order valence-electron chi connectivity index (χ4n) is 2.69. The van der Waals surface area contributed by atoms with Crippen LogP contribution in [-0.2, 0) is 0 Å². The molecule has 0 fully saturated rings. The highest BCUT2D eigenvalue weighted by Crippen LogP contribution is 2.38. The number of carbonyl (C=O) groups excluding carboxylic acids is 1. The van der Waals surface area contributed by atoms with Crippen molar-refractivity contribution >= 4 is 17.4 Å². The molecule has 100 valence electrons. The van der Waals surface area contributed by atoms with Crippen LogP contribution in [0.4, 0.5) is 0 Å². The smallest absolute Gasteiger partial charge is 0.168 e. The minimum atomic E-state index is 0.106. The van der Waals surface area contributed by atoms with Crippen molar-refractivity contribution in [3.05, 3.63) is 57.1 Å². The third kappa shape index (κ3) is 2.52. The topological polar surface area (TPSA) is 17.1 Å². The number of rotatable bonds is 3. The van der Waals surface area contributed by atoms with Crippen molar-refractivity contribution < 1.29 is 4.79 Å². The first-order chi connectivity index (χ1) is 8.93. The van der Waals surface area contributed by atoms with Gasteiger partial charge in [0.2, 0.25) is 0 Å². The van der Waals surface area contributed by atoms with Crippen LogP contribution >= 0.6 is 11.6 Å². The van der Waals surface area contributed by atoms with Crippen molar-refractivity contribution in [2.75, 3.05) is 0 Å². The molecule has 1 atom stereocenters. The lowest BCUT2D eigenvalue weighted by molar-refractivity contribution is 0.0991.